The van der Waals surface area contributed by atoms with Gasteiger partial charge in [-0.3, -0.25) is 0 Å². The molecular formula is C8H16O3. The number of rotatable bonds is 5. The fraction of sp³-hybridized carbons (Fsp3) is 0.750. The van der Waals surface area contributed by atoms with Gasteiger partial charge in [0.1, 0.15) is 11.9 Å². The molecule has 0 aromatic rings. The smallest absolute Gasteiger partial charge is 0.117 e. The van der Waals surface area contributed by atoms with Crippen LogP contribution >= 0.6 is 0 Å². The summed E-state index contributed by atoms with van der Waals surface area (Å²) < 4.78 is 5.04. The second-order valence-electron chi connectivity index (χ2n) is 2.27. The van der Waals surface area contributed by atoms with Crippen LogP contribution in [0, 0.1) is 0 Å². The Morgan fingerprint density at radius 2 is 2.27 bits per heavy atom. The topological polar surface area (TPSA) is 49.7 Å². The lowest BCUT2D eigenvalue weighted by atomic mass is 10.3. The van der Waals surface area contributed by atoms with Crippen LogP contribution in [0.15, 0.2) is 11.8 Å². The third kappa shape index (κ3) is 4.81. The third-order valence-electron chi connectivity index (χ3n) is 1.29. The van der Waals surface area contributed by atoms with Crippen molar-refractivity contribution in [3.8, 4) is 0 Å². The van der Waals surface area contributed by atoms with E-state index in [1.54, 1.807) is 13.0 Å². The lowest BCUT2D eigenvalue weighted by Gasteiger charge is -2.10. The zero-order chi connectivity index (χ0) is 8.69. The summed E-state index contributed by atoms with van der Waals surface area (Å²) in [6.07, 6.45) is 2.18. The van der Waals surface area contributed by atoms with E-state index in [4.69, 9.17) is 9.84 Å². The molecule has 1 unspecified atom stereocenters. The summed E-state index contributed by atoms with van der Waals surface area (Å²) in [5.74, 6) is 0.237. The van der Waals surface area contributed by atoms with Gasteiger partial charge in [0.25, 0.3) is 0 Å². The van der Waals surface area contributed by atoms with Crippen LogP contribution in [0.1, 0.15) is 20.3 Å². The van der Waals surface area contributed by atoms with Gasteiger partial charge in [0, 0.05) is 0 Å². The average molecular weight is 160 g/mol. The Morgan fingerprint density at radius 1 is 1.64 bits per heavy atom. The summed E-state index contributed by atoms with van der Waals surface area (Å²) in [5, 5.41) is 17.6. The second kappa shape index (κ2) is 6.19. The maximum atomic E-state index is 9.20. The number of hydrogen-bond donors (Lipinski definition) is 2. The van der Waals surface area contributed by atoms with Crippen molar-refractivity contribution in [2.45, 2.75) is 26.4 Å². The van der Waals surface area contributed by atoms with Crippen LogP contribution in [0.25, 0.3) is 0 Å². The molecule has 3 heteroatoms. The Bertz CT molecular complexity index is 121. The molecule has 0 saturated heterocycles. The zero-order valence-electron chi connectivity index (χ0n) is 7.08. The number of hydrogen-bond acceptors (Lipinski definition) is 3. The molecule has 0 rings (SSSR count). The first-order valence-electron chi connectivity index (χ1n) is 3.83. The first-order valence-corrected chi connectivity index (χ1v) is 3.83. The Labute approximate surface area is 67.3 Å². The highest BCUT2D eigenvalue weighted by atomic mass is 16.5. The van der Waals surface area contributed by atoms with Crippen molar-refractivity contribution < 1.29 is 14.9 Å². The van der Waals surface area contributed by atoms with Crippen LogP contribution in [0.4, 0.5) is 0 Å². The highest BCUT2D eigenvalue weighted by Gasteiger charge is 2.04. The molecule has 0 aliphatic carbocycles. The summed E-state index contributed by atoms with van der Waals surface area (Å²) in [7, 11) is 0. The van der Waals surface area contributed by atoms with E-state index in [2.05, 4.69) is 0 Å². The molecule has 0 aromatic heterocycles. The molecule has 0 saturated carbocycles. The molecular weight excluding hydrogens is 144 g/mol. The van der Waals surface area contributed by atoms with E-state index >= 15 is 0 Å². The van der Waals surface area contributed by atoms with Gasteiger partial charge in [-0.1, -0.05) is 6.92 Å². The second-order valence-corrected chi connectivity index (χ2v) is 2.27. The molecule has 0 radical (unpaired) electrons. The highest BCUT2D eigenvalue weighted by Crippen LogP contribution is 2.02. The van der Waals surface area contributed by atoms with Gasteiger partial charge in [0.15, 0.2) is 0 Å². The van der Waals surface area contributed by atoms with Crippen LogP contribution in [0.2, 0.25) is 0 Å². The van der Waals surface area contributed by atoms with E-state index < -0.39 is 0 Å². The van der Waals surface area contributed by atoms with E-state index in [0.717, 1.165) is 6.42 Å². The van der Waals surface area contributed by atoms with Gasteiger partial charge in [0.2, 0.25) is 0 Å². The molecule has 0 aromatic carbocycles. The first-order chi connectivity index (χ1) is 5.22. The van der Waals surface area contributed by atoms with Gasteiger partial charge in [-0.05, 0) is 19.4 Å². The Morgan fingerprint density at radius 3 is 2.73 bits per heavy atom. The molecule has 66 valence electrons. The summed E-state index contributed by atoms with van der Waals surface area (Å²) >= 11 is 0. The molecule has 0 fully saturated rings. The fourth-order valence-corrected chi connectivity index (χ4v) is 0.690. The van der Waals surface area contributed by atoms with Crippen LogP contribution in [-0.2, 0) is 4.74 Å². The van der Waals surface area contributed by atoms with Gasteiger partial charge in [-0.2, -0.15) is 0 Å². The summed E-state index contributed by atoms with van der Waals surface area (Å²) in [6, 6.07) is 0. The lowest BCUT2D eigenvalue weighted by molar-refractivity contribution is 0.0366. The van der Waals surface area contributed by atoms with Gasteiger partial charge in [-0.15, -0.1) is 0 Å². The van der Waals surface area contributed by atoms with Gasteiger partial charge < -0.3 is 14.9 Å². The molecule has 1 atom stereocenters. The summed E-state index contributed by atoms with van der Waals surface area (Å²) in [4.78, 5) is 0. The summed E-state index contributed by atoms with van der Waals surface area (Å²) in [6.45, 7) is 3.94. The molecule has 0 aliphatic heterocycles. The maximum absolute atomic E-state index is 9.20. The summed E-state index contributed by atoms with van der Waals surface area (Å²) in [5.41, 5.74) is 0. The standard InChI is InChI=1S/C8H16O3/c1-3-4-8(10)7(2)11-6-5-9/h4,7,9-10H,3,5-6H2,1-2H3. The average Bonchev–Trinajstić information content (AvgIpc) is 2.00. The molecule has 11 heavy (non-hydrogen) atoms. The lowest BCUT2D eigenvalue weighted by Crippen LogP contribution is -2.13. The molecule has 0 heterocycles. The number of aliphatic hydroxyl groups excluding tert-OH is 2. The Kier molecular flexibility index (Phi) is 5.88. The van der Waals surface area contributed by atoms with Gasteiger partial charge in [-0.25, -0.2) is 0 Å². The van der Waals surface area contributed by atoms with Crippen molar-refractivity contribution >= 4 is 0 Å². The monoisotopic (exact) mass is 160 g/mol. The van der Waals surface area contributed by atoms with E-state index in [-0.39, 0.29) is 25.1 Å². The molecule has 2 N–H and O–H groups in total. The number of aliphatic hydroxyl groups is 2. The maximum Gasteiger partial charge on any atom is 0.117 e. The van der Waals surface area contributed by atoms with E-state index in [0.29, 0.717) is 0 Å². The molecule has 0 aliphatic rings. The van der Waals surface area contributed by atoms with Crippen molar-refractivity contribution in [1.82, 2.24) is 0 Å². The minimum atomic E-state index is -0.304. The van der Waals surface area contributed by atoms with Crippen LogP contribution < -0.4 is 0 Å². The van der Waals surface area contributed by atoms with E-state index in [1.807, 2.05) is 6.92 Å². The predicted octanol–water partition coefficient (Wildman–Crippen LogP) is 1.24. The third-order valence-corrected chi connectivity index (χ3v) is 1.29. The zero-order valence-corrected chi connectivity index (χ0v) is 7.08. The molecule has 0 bridgehead atoms. The van der Waals surface area contributed by atoms with Crippen LogP contribution in [0.3, 0.4) is 0 Å². The number of ether oxygens (including phenoxy) is 1. The fourth-order valence-electron chi connectivity index (χ4n) is 0.690. The van der Waals surface area contributed by atoms with E-state index in [1.165, 1.54) is 0 Å². The molecule has 0 spiro atoms. The molecule has 0 amide bonds. The quantitative estimate of drug-likeness (QED) is 0.595. The van der Waals surface area contributed by atoms with Gasteiger partial charge in [0.05, 0.1) is 13.2 Å². The Balaban J connectivity index is 3.63. The Hall–Kier alpha value is -0.540. The SMILES string of the molecule is CCC=C(O)C(C)OCCO. The minimum Gasteiger partial charge on any atom is -0.510 e. The van der Waals surface area contributed by atoms with Crippen molar-refractivity contribution in [3.05, 3.63) is 11.8 Å². The minimum absolute atomic E-state index is 0.0102. The first kappa shape index (κ1) is 10.5. The predicted molar refractivity (Wildman–Crippen MR) is 43.5 cm³/mol. The van der Waals surface area contributed by atoms with Crippen LogP contribution in [-0.4, -0.2) is 29.5 Å². The van der Waals surface area contributed by atoms with Crippen LogP contribution in [0.5, 0.6) is 0 Å². The van der Waals surface area contributed by atoms with Crippen molar-refractivity contribution in [1.29, 1.82) is 0 Å². The van der Waals surface area contributed by atoms with E-state index in [9.17, 15) is 5.11 Å². The number of allylic oxidation sites excluding steroid dienone is 1. The normalized spacial score (nSPS) is 15.0. The van der Waals surface area contributed by atoms with Crippen molar-refractivity contribution in [3.63, 3.8) is 0 Å². The van der Waals surface area contributed by atoms with Crippen molar-refractivity contribution in [2.75, 3.05) is 13.2 Å². The van der Waals surface area contributed by atoms with Gasteiger partial charge >= 0.3 is 0 Å². The highest BCUT2D eigenvalue weighted by molar-refractivity contribution is 4.95. The molecule has 3 nitrogen and oxygen atoms in total. The van der Waals surface area contributed by atoms with Crippen molar-refractivity contribution in [2.24, 2.45) is 0 Å². The largest absolute Gasteiger partial charge is 0.510 e.